The number of fused-ring (bicyclic) bond motifs is 1. The molecular formula is C15H14FN5O2. The fourth-order valence-electron chi connectivity index (χ4n) is 2.13. The van der Waals surface area contributed by atoms with Crippen LogP contribution in [-0.2, 0) is 6.54 Å². The van der Waals surface area contributed by atoms with Crippen LogP contribution in [-0.4, -0.2) is 27.7 Å². The summed E-state index contributed by atoms with van der Waals surface area (Å²) in [6.07, 6.45) is 0. The number of carbonyl (C=O) groups excluding carboxylic acids is 1. The Morgan fingerprint density at radius 1 is 1.26 bits per heavy atom. The summed E-state index contributed by atoms with van der Waals surface area (Å²) in [5.41, 5.74) is 1.20. The number of rotatable bonds is 4. The first kappa shape index (κ1) is 14.8. The van der Waals surface area contributed by atoms with Crippen LogP contribution in [0.25, 0.3) is 5.65 Å². The molecule has 0 bridgehead atoms. The molecule has 0 spiro atoms. The van der Waals surface area contributed by atoms with E-state index >= 15 is 0 Å². The molecule has 3 rings (SSSR count). The van der Waals surface area contributed by atoms with Gasteiger partial charge in [-0.2, -0.15) is 0 Å². The predicted molar refractivity (Wildman–Crippen MR) is 81.8 cm³/mol. The lowest BCUT2D eigenvalue weighted by Crippen LogP contribution is -2.29. The zero-order chi connectivity index (χ0) is 16.2. The predicted octanol–water partition coefficient (Wildman–Crippen LogP) is 2.20. The normalized spacial score (nSPS) is 10.5. The van der Waals surface area contributed by atoms with Crippen molar-refractivity contribution in [2.45, 2.75) is 6.54 Å². The number of amides is 2. The third-order valence-corrected chi connectivity index (χ3v) is 3.17. The molecule has 2 heterocycles. The summed E-state index contributed by atoms with van der Waals surface area (Å²) in [7, 11) is 1.52. The molecule has 8 heteroatoms. The number of aromatic nitrogens is 3. The van der Waals surface area contributed by atoms with Gasteiger partial charge < -0.3 is 10.1 Å². The number of methoxy groups -OCH3 is 1. The van der Waals surface area contributed by atoms with Gasteiger partial charge in [0.25, 0.3) is 0 Å². The Bertz CT molecular complexity index is 849. The van der Waals surface area contributed by atoms with E-state index in [-0.39, 0.29) is 18.3 Å². The highest BCUT2D eigenvalue weighted by molar-refractivity contribution is 5.87. The molecule has 2 amide bonds. The number of carbonyl (C=O) groups is 1. The van der Waals surface area contributed by atoms with Crippen molar-refractivity contribution in [1.29, 1.82) is 0 Å². The number of halogens is 1. The van der Waals surface area contributed by atoms with Gasteiger partial charge in [0.1, 0.15) is 5.82 Å². The summed E-state index contributed by atoms with van der Waals surface area (Å²) in [4.78, 5) is 12.0. The highest BCUT2D eigenvalue weighted by Gasteiger charge is 2.12. The first-order valence-corrected chi connectivity index (χ1v) is 6.85. The summed E-state index contributed by atoms with van der Waals surface area (Å²) in [5.74, 6) is 0.375. The van der Waals surface area contributed by atoms with Crippen LogP contribution in [0.1, 0.15) is 5.56 Å². The van der Waals surface area contributed by atoms with Gasteiger partial charge in [0.05, 0.1) is 7.11 Å². The maximum atomic E-state index is 13.1. The Kier molecular flexibility index (Phi) is 4.05. The Hall–Kier alpha value is -3.16. The molecular weight excluding hydrogens is 301 g/mol. The van der Waals surface area contributed by atoms with E-state index in [2.05, 4.69) is 20.8 Å². The van der Waals surface area contributed by atoms with Gasteiger partial charge in [0.15, 0.2) is 5.65 Å². The largest absolute Gasteiger partial charge is 0.482 e. The molecule has 0 aliphatic rings. The van der Waals surface area contributed by atoms with Crippen LogP contribution in [0.4, 0.5) is 15.1 Å². The molecule has 7 nitrogen and oxygen atoms in total. The lowest BCUT2D eigenvalue weighted by molar-refractivity contribution is 0.251. The fourth-order valence-corrected chi connectivity index (χ4v) is 2.13. The van der Waals surface area contributed by atoms with E-state index in [1.807, 2.05) is 0 Å². The highest BCUT2D eigenvalue weighted by Crippen LogP contribution is 2.17. The highest BCUT2D eigenvalue weighted by atomic mass is 19.1. The van der Waals surface area contributed by atoms with Gasteiger partial charge >= 0.3 is 6.03 Å². The second kappa shape index (κ2) is 6.30. The maximum absolute atomic E-state index is 13.1. The van der Waals surface area contributed by atoms with Gasteiger partial charge in [-0.3, -0.25) is 5.32 Å². The second-order valence-electron chi connectivity index (χ2n) is 4.72. The molecule has 23 heavy (non-hydrogen) atoms. The number of nitrogens with zero attached hydrogens (tertiary/aromatic N) is 3. The van der Waals surface area contributed by atoms with Crippen LogP contribution in [0, 0.1) is 5.82 Å². The quantitative estimate of drug-likeness (QED) is 0.773. The molecule has 0 atom stereocenters. The third-order valence-electron chi connectivity index (χ3n) is 3.17. The number of anilines is 1. The van der Waals surface area contributed by atoms with Crippen LogP contribution >= 0.6 is 0 Å². The number of urea groups is 1. The molecule has 0 aliphatic heterocycles. The molecule has 2 aromatic heterocycles. The van der Waals surface area contributed by atoms with Crippen molar-refractivity contribution in [1.82, 2.24) is 19.9 Å². The molecule has 1 aromatic carbocycles. The fraction of sp³-hybridized carbons (Fsp3) is 0.133. The van der Waals surface area contributed by atoms with Crippen LogP contribution in [0.15, 0.2) is 42.5 Å². The average Bonchev–Trinajstić information content (AvgIpc) is 2.96. The number of benzene rings is 1. The average molecular weight is 315 g/mol. The number of ether oxygens (including phenoxy) is 1. The van der Waals surface area contributed by atoms with Crippen molar-refractivity contribution in [2.24, 2.45) is 0 Å². The van der Waals surface area contributed by atoms with Crippen molar-refractivity contribution in [3.05, 3.63) is 53.8 Å². The molecule has 3 aromatic rings. The maximum Gasteiger partial charge on any atom is 0.321 e. The van der Waals surface area contributed by atoms with E-state index in [9.17, 15) is 9.18 Å². The zero-order valence-electron chi connectivity index (χ0n) is 12.3. The molecule has 0 fully saturated rings. The second-order valence-corrected chi connectivity index (χ2v) is 4.72. The summed E-state index contributed by atoms with van der Waals surface area (Å²) < 4.78 is 19.9. The first-order chi connectivity index (χ1) is 11.2. The summed E-state index contributed by atoms with van der Waals surface area (Å²) in [6.45, 7) is 0.192. The minimum absolute atomic E-state index is 0.192. The van der Waals surface area contributed by atoms with E-state index in [1.165, 1.54) is 19.2 Å². The van der Waals surface area contributed by atoms with Gasteiger partial charge in [0.2, 0.25) is 11.8 Å². The van der Waals surface area contributed by atoms with E-state index in [0.717, 1.165) is 0 Å². The Balaban J connectivity index is 1.71. The van der Waals surface area contributed by atoms with E-state index < -0.39 is 6.03 Å². The van der Waals surface area contributed by atoms with Crippen molar-refractivity contribution >= 4 is 17.6 Å². The molecule has 118 valence electrons. The number of hydrogen-bond donors (Lipinski definition) is 2. The Morgan fingerprint density at radius 2 is 2.09 bits per heavy atom. The topological polar surface area (TPSA) is 80.6 Å². The first-order valence-electron chi connectivity index (χ1n) is 6.85. The van der Waals surface area contributed by atoms with E-state index in [1.54, 1.807) is 34.7 Å². The van der Waals surface area contributed by atoms with Crippen molar-refractivity contribution in [2.75, 3.05) is 12.4 Å². The third kappa shape index (κ3) is 3.20. The monoisotopic (exact) mass is 315 g/mol. The van der Waals surface area contributed by atoms with Gasteiger partial charge in [-0.15, -0.1) is 10.2 Å². The minimum atomic E-state index is -0.477. The summed E-state index contributed by atoms with van der Waals surface area (Å²) in [6, 6.07) is 10.8. The SMILES string of the molecule is COc1cccc2nnc(NC(=O)NCc3cccc(F)c3)n12. The van der Waals surface area contributed by atoms with Crippen LogP contribution in [0.5, 0.6) is 5.88 Å². The number of nitrogens with one attached hydrogen (secondary N) is 2. The van der Waals surface area contributed by atoms with Crippen molar-refractivity contribution in [3.63, 3.8) is 0 Å². The number of hydrogen-bond acceptors (Lipinski definition) is 4. The molecule has 0 saturated heterocycles. The molecule has 2 N–H and O–H groups in total. The molecule has 0 radical (unpaired) electrons. The van der Waals surface area contributed by atoms with E-state index in [0.29, 0.717) is 17.1 Å². The molecule has 0 aliphatic carbocycles. The molecule has 0 unspecified atom stereocenters. The van der Waals surface area contributed by atoms with Crippen LogP contribution in [0.3, 0.4) is 0 Å². The van der Waals surface area contributed by atoms with Gasteiger partial charge in [-0.05, 0) is 29.8 Å². The zero-order valence-corrected chi connectivity index (χ0v) is 12.3. The smallest absolute Gasteiger partial charge is 0.321 e. The Morgan fingerprint density at radius 3 is 2.87 bits per heavy atom. The Labute approximate surface area is 131 Å². The standard InChI is InChI=1S/C15H14FN5O2/c1-23-13-7-3-6-12-19-20-14(21(12)13)18-15(22)17-9-10-4-2-5-11(16)8-10/h2-8H,9H2,1H3,(H2,17,18,20,22). The van der Waals surface area contributed by atoms with Crippen molar-refractivity contribution < 1.29 is 13.9 Å². The van der Waals surface area contributed by atoms with Crippen LogP contribution in [0.2, 0.25) is 0 Å². The lowest BCUT2D eigenvalue weighted by atomic mass is 10.2. The van der Waals surface area contributed by atoms with E-state index in [4.69, 9.17) is 4.74 Å². The lowest BCUT2D eigenvalue weighted by Gasteiger charge is -2.08. The number of pyridine rings is 1. The summed E-state index contributed by atoms with van der Waals surface area (Å²) in [5, 5.41) is 13.1. The van der Waals surface area contributed by atoms with Gasteiger partial charge in [-0.25, -0.2) is 13.6 Å². The minimum Gasteiger partial charge on any atom is -0.482 e. The van der Waals surface area contributed by atoms with Crippen molar-refractivity contribution in [3.8, 4) is 5.88 Å². The van der Waals surface area contributed by atoms with Crippen LogP contribution < -0.4 is 15.4 Å². The summed E-state index contributed by atoms with van der Waals surface area (Å²) >= 11 is 0. The van der Waals surface area contributed by atoms with Gasteiger partial charge in [0, 0.05) is 6.54 Å². The van der Waals surface area contributed by atoms with Gasteiger partial charge in [-0.1, -0.05) is 18.2 Å². The molecule has 0 saturated carbocycles.